The fraction of sp³-hybridized carbons (Fsp3) is 0.227. The maximum atomic E-state index is 13.3. The minimum Gasteiger partial charge on any atom is -0.497 e. The predicted octanol–water partition coefficient (Wildman–Crippen LogP) is 3.24. The number of imide groups is 1. The Balaban J connectivity index is 1.78. The number of thioether (sulfide) groups is 1. The Labute approximate surface area is 184 Å². The third-order valence-electron chi connectivity index (χ3n) is 4.68. The van der Waals surface area contributed by atoms with Gasteiger partial charge in [-0.05, 0) is 73.1 Å². The molecular weight excluding hydrogens is 436 g/mol. The number of benzene rings is 2. The van der Waals surface area contributed by atoms with E-state index in [9.17, 15) is 18.0 Å². The molecular formula is C22H18N2O5S2. The number of unbranched alkanes of at least 4 members (excludes halogenated alkanes) is 1. The van der Waals surface area contributed by atoms with Gasteiger partial charge in [-0.25, -0.2) is 8.42 Å². The molecule has 2 amide bonds. The highest BCUT2D eigenvalue weighted by molar-refractivity contribution is 8.25. The molecule has 1 fully saturated rings. The number of hydrogen-bond acceptors (Lipinski definition) is 7. The smallest absolute Gasteiger partial charge is 0.287 e. The quantitative estimate of drug-likeness (QED) is 0.526. The van der Waals surface area contributed by atoms with Crippen molar-refractivity contribution in [2.45, 2.75) is 28.2 Å². The van der Waals surface area contributed by atoms with E-state index in [1.165, 1.54) is 31.4 Å². The van der Waals surface area contributed by atoms with E-state index in [0.717, 1.165) is 5.56 Å². The van der Waals surface area contributed by atoms with Gasteiger partial charge in [-0.2, -0.15) is 5.26 Å². The maximum absolute atomic E-state index is 13.3. The van der Waals surface area contributed by atoms with Gasteiger partial charge in [0, 0.05) is 12.0 Å². The lowest BCUT2D eigenvalue weighted by Crippen LogP contribution is -2.43. The Hall–Kier alpha value is -3.27. The highest BCUT2D eigenvalue weighted by atomic mass is 32.3. The summed E-state index contributed by atoms with van der Waals surface area (Å²) in [5.74, 6) is 5.53. The van der Waals surface area contributed by atoms with Crippen molar-refractivity contribution < 1.29 is 22.7 Å². The van der Waals surface area contributed by atoms with E-state index in [1.54, 1.807) is 24.3 Å². The summed E-state index contributed by atoms with van der Waals surface area (Å²) in [5.41, 5.74) is 1.26. The first-order chi connectivity index (χ1) is 14.8. The standard InChI is InChI=1S/C22H18N2O5S2/c1-29-18-10-12-19(13-11-18)31(27,28)22(20(25)24-21(26)30-22)14-4-2-3-5-16-6-8-17(15-23)9-7-16/h6-13H,2,4,14H2,1H3,(H,24,25,26). The molecule has 3 rings (SSSR count). The fourth-order valence-corrected chi connectivity index (χ4v) is 6.40. The minimum atomic E-state index is -4.16. The number of nitriles is 1. The topological polar surface area (TPSA) is 113 Å². The van der Waals surface area contributed by atoms with Crippen LogP contribution in [0.5, 0.6) is 5.75 Å². The molecule has 0 radical (unpaired) electrons. The largest absolute Gasteiger partial charge is 0.497 e. The summed E-state index contributed by atoms with van der Waals surface area (Å²) in [5, 5.41) is 10.2. The highest BCUT2D eigenvalue weighted by Crippen LogP contribution is 2.44. The van der Waals surface area contributed by atoms with Crippen LogP contribution in [0.4, 0.5) is 4.79 Å². The van der Waals surface area contributed by atoms with Crippen LogP contribution in [0.3, 0.4) is 0 Å². The molecule has 0 bridgehead atoms. The first-order valence-corrected chi connectivity index (χ1v) is 11.5. The molecule has 0 aliphatic carbocycles. The lowest BCUT2D eigenvalue weighted by Gasteiger charge is -2.24. The molecule has 1 N–H and O–H groups in total. The molecule has 1 saturated heterocycles. The predicted molar refractivity (Wildman–Crippen MR) is 116 cm³/mol. The molecule has 2 aromatic rings. The summed E-state index contributed by atoms with van der Waals surface area (Å²) >= 11 is 0.494. The summed E-state index contributed by atoms with van der Waals surface area (Å²) in [4.78, 5) is 24.4. The van der Waals surface area contributed by atoms with Crippen LogP contribution in [-0.4, -0.2) is 30.8 Å². The van der Waals surface area contributed by atoms with E-state index in [0.29, 0.717) is 35.9 Å². The van der Waals surface area contributed by atoms with Crippen molar-refractivity contribution >= 4 is 32.7 Å². The Kier molecular flexibility index (Phi) is 6.69. The maximum Gasteiger partial charge on any atom is 0.287 e. The second-order valence-electron chi connectivity index (χ2n) is 6.62. The summed E-state index contributed by atoms with van der Waals surface area (Å²) in [6.07, 6.45) is 0.569. The zero-order chi connectivity index (χ0) is 22.5. The van der Waals surface area contributed by atoms with Crippen molar-refractivity contribution in [3.05, 3.63) is 59.7 Å². The van der Waals surface area contributed by atoms with Gasteiger partial charge in [0.1, 0.15) is 5.75 Å². The molecule has 1 aliphatic heterocycles. The monoisotopic (exact) mass is 454 g/mol. The molecule has 1 atom stereocenters. The first kappa shape index (κ1) is 22.4. The number of nitrogens with zero attached hydrogens (tertiary/aromatic N) is 1. The van der Waals surface area contributed by atoms with Gasteiger partial charge in [-0.15, -0.1) is 0 Å². The number of nitrogens with one attached hydrogen (secondary N) is 1. The second-order valence-corrected chi connectivity index (χ2v) is 10.3. The third-order valence-corrected chi connectivity index (χ3v) is 8.74. The van der Waals surface area contributed by atoms with E-state index in [4.69, 9.17) is 10.00 Å². The second kappa shape index (κ2) is 9.25. The van der Waals surface area contributed by atoms with Crippen LogP contribution in [0.2, 0.25) is 0 Å². The summed E-state index contributed by atoms with van der Waals surface area (Å²) in [7, 11) is -2.70. The van der Waals surface area contributed by atoms with Crippen molar-refractivity contribution in [1.29, 1.82) is 5.26 Å². The molecule has 7 nitrogen and oxygen atoms in total. The molecule has 9 heteroatoms. The summed E-state index contributed by atoms with van der Waals surface area (Å²) in [6.45, 7) is 0. The van der Waals surface area contributed by atoms with Crippen molar-refractivity contribution in [1.82, 2.24) is 5.32 Å². The van der Waals surface area contributed by atoms with Crippen molar-refractivity contribution in [3.8, 4) is 23.7 Å². The molecule has 0 saturated carbocycles. The zero-order valence-electron chi connectivity index (χ0n) is 16.5. The van der Waals surface area contributed by atoms with Gasteiger partial charge >= 0.3 is 0 Å². The van der Waals surface area contributed by atoms with Gasteiger partial charge in [0.15, 0.2) is 0 Å². The average Bonchev–Trinajstić information content (AvgIpc) is 3.08. The molecule has 1 unspecified atom stereocenters. The third kappa shape index (κ3) is 4.58. The molecule has 2 aromatic carbocycles. The highest BCUT2D eigenvalue weighted by Gasteiger charge is 2.57. The summed E-state index contributed by atoms with van der Waals surface area (Å²) in [6, 6.07) is 14.5. The van der Waals surface area contributed by atoms with E-state index < -0.39 is 25.1 Å². The van der Waals surface area contributed by atoms with Gasteiger partial charge < -0.3 is 4.74 Å². The Morgan fingerprint density at radius 3 is 2.26 bits per heavy atom. The van der Waals surface area contributed by atoms with E-state index >= 15 is 0 Å². The fourth-order valence-electron chi connectivity index (χ4n) is 3.03. The van der Waals surface area contributed by atoms with Crippen LogP contribution in [0.25, 0.3) is 0 Å². The number of carbonyl (C=O) groups is 2. The van der Waals surface area contributed by atoms with Crippen molar-refractivity contribution in [2.75, 3.05) is 7.11 Å². The summed E-state index contributed by atoms with van der Waals surface area (Å²) < 4.78 is 29.8. The zero-order valence-corrected chi connectivity index (χ0v) is 18.2. The van der Waals surface area contributed by atoms with Crippen LogP contribution in [-0.2, 0) is 14.6 Å². The van der Waals surface area contributed by atoms with Crippen LogP contribution in [0.1, 0.15) is 30.4 Å². The van der Waals surface area contributed by atoms with E-state index in [1.807, 2.05) is 6.07 Å². The molecule has 1 heterocycles. The Morgan fingerprint density at radius 1 is 1.06 bits per heavy atom. The molecule has 0 spiro atoms. The van der Waals surface area contributed by atoms with Crippen molar-refractivity contribution in [2.24, 2.45) is 0 Å². The lowest BCUT2D eigenvalue weighted by atomic mass is 10.1. The Bertz CT molecular complexity index is 1200. The molecule has 1 aliphatic rings. The number of rotatable bonds is 6. The van der Waals surface area contributed by atoms with Gasteiger partial charge in [-0.3, -0.25) is 14.9 Å². The van der Waals surface area contributed by atoms with Crippen LogP contribution in [0.15, 0.2) is 53.4 Å². The van der Waals surface area contributed by atoms with Gasteiger partial charge in [0.25, 0.3) is 11.1 Å². The average molecular weight is 455 g/mol. The van der Waals surface area contributed by atoms with E-state index in [-0.39, 0.29) is 11.3 Å². The molecule has 31 heavy (non-hydrogen) atoms. The van der Waals surface area contributed by atoms with Gasteiger partial charge in [0.2, 0.25) is 13.9 Å². The van der Waals surface area contributed by atoms with Crippen LogP contribution in [0, 0.1) is 23.2 Å². The Morgan fingerprint density at radius 2 is 1.71 bits per heavy atom. The molecule has 0 aromatic heterocycles. The number of hydrogen-bond donors (Lipinski definition) is 1. The number of carbonyl (C=O) groups excluding carboxylic acids is 2. The first-order valence-electron chi connectivity index (χ1n) is 9.24. The minimum absolute atomic E-state index is 0.0608. The number of ether oxygens (including phenoxy) is 1. The van der Waals surface area contributed by atoms with Crippen molar-refractivity contribution in [3.63, 3.8) is 0 Å². The van der Waals surface area contributed by atoms with Gasteiger partial charge in [0.05, 0.1) is 23.6 Å². The number of sulfone groups is 1. The number of amides is 2. The normalized spacial score (nSPS) is 17.9. The number of methoxy groups -OCH3 is 1. The van der Waals surface area contributed by atoms with Crippen LogP contribution >= 0.6 is 11.8 Å². The van der Waals surface area contributed by atoms with Crippen LogP contribution < -0.4 is 10.1 Å². The SMILES string of the molecule is COc1ccc(S(=O)(=O)C2(CCCC#Cc3ccc(C#N)cc3)SC(=O)NC2=O)cc1. The van der Waals surface area contributed by atoms with Gasteiger partial charge in [-0.1, -0.05) is 11.8 Å². The van der Waals surface area contributed by atoms with E-state index in [2.05, 4.69) is 17.2 Å². The lowest BCUT2D eigenvalue weighted by molar-refractivity contribution is -0.120. The molecule has 158 valence electrons.